The van der Waals surface area contributed by atoms with Crippen molar-refractivity contribution >= 4 is 11.6 Å². The van der Waals surface area contributed by atoms with Gasteiger partial charge in [-0.2, -0.15) is 0 Å². The second-order valence-corrected chi connectivity index (χ2v) is 6.63. The van der Waals surface area contributed by atoms with Gasteiger partial charge in [-0.3, -0.25) is 4.79 Å². The number of nitrogens with zero attached hydrogens (tertiary/aromatic N) is 3. The van der Waals surface area contributed by atoms with Gasteiger partial charge in [-0.05, 0) is 26.2 Å². The van der Waals surface area contributed by atoms with E-state index in [-0.39, 0.29) is 17.9 Å². The van der Waals surface area contributed by atoms with Gasteiger partial charge in [0, 0.05) is 40.2 Å². The van der Waals surface area contributed by atoms with E-state index in [4.69, 9.17) is 4.74 Å². The molecule has 0 spiro atoms. The van der Waals surface area contributed by atoms with E-state index in [9.17, 15) is 4.79 Å². The van der Waals surface area contributed by atoms with Crippen LogP contribution in [0.15, 0.2) is 18.2 Å². The van der Waals surface area contributed by atoms with Gasteiger partial charge in [-0.15, -0.1) is 0 Å². The zero-order chi connectivity index (χ0) is 16.4. The van der Waals surface area contributed by atoms with Gasteiger partial charge >= 0.3 is 0 Å². The van der Waals surface area contributed by atoms with Crippen molar-refractivity contribution in [2.75, 3.05) is 53.2 Å². The molecule has 1 heterocycles. The third kappa shape index (κ3) is 3.35. The maximum atomic E-state index is 12.7. The minimum Gasteiger partial charge on any atom is -0.486 e. The van der Waals surface area contributed by atoms with Crippen molar-refractivity contribution in [1.82, 2.24) is 9.80 Å². The van der Waals surface area contributed by atoms with Gasteiger partial charge < -0.3 is 19.4 Å². The summed E-state index contributed by atoms with van der Waals surface area (Å²) >= 11 is 0. The molecule has 122 valence electrons. The minimum absolute atomic E-state index is 0.0221. The Morgan fingerprint density at radius 2 is 1.95 bits per heavy atom. The Bertz CT molecular complexity index is 543. The van der Waals surface area contributed by atoms with Crippen molar-refractivity contribution in [3.63, 3.8) is 0 Å². The first-order valence-corrected chi connectivity index (χ1v) is 7.68. The number of ether oxygens (including phenoxy) is 1. The Morgan fingerprint density at radius 1 is 1.27 bits per heavy atom. The Hall–Kier alpha value is -1.75. The highest BCUT2D eigenvalue weighted by atomic mass is 16.5. The number of likely N-dealkylation sites (N-methyl/N-ethyl adjacent to an activating group) is 1. The van der Waals surface area contributed by atoms with Crippen LogP contribution in [0.25, 0.3) is 0 Å². The van der Waals surface area contributed by atoms with E-state index in [0.717, 1.165) is 12.2 Å². The quantitative estimate of drug-likeness (QED) is 0.853. The van der Waals surface area contributed by atoms with Crippen LogP contribution in [0.5, 0.6) is 5.75 Å². The van der Waals surface area contributed by atoms with E-state index in [2.05, 4.69) is 11.8 Å². The molecule has 0 radical (unpaired) electrons. The van der Waals surface area contributed by atoms with E-state index in [0.29, 0.717) is 17.9 Å². The molecule has 5 heteroatoms. The van der Waals surface area contributed by atoms with E-state index >= 15 is 0 Å². The predicted octanol–water partition coefficient (Wildman–Crippen LogP) is 1.78. The molecule has 2 rings (SSSR count). The van der Waals surface area contributed by atoms with Crippen molar-refractivity contribution in [2.24, 2.45) is 5.92 Å². The number of carbonyl (C=O) groups is 1. The summed E-state index contributed by atoms with van der Waals surface area (Å²) < 4.78 is 6.34. The molecule has 1 aliphatic heterocycles. The third-order valence-corrected chi connectivity index (χ3v) is 4.06. The first-order chi connectivity index (χ1) is 10.3. The molecule has 1 aromatic rings. The molecule has 2 atom stereocenters. The number of anilines is 1. The standard InChI is InChI=1S/C17H27N3O2/c1-12-10-20(6)17(21)13-8-7-9-14(19(4)5)16(13)22-15(12)11-18(2)3/h7-9,12,15H,10-11H2,1-6H3/t12-,15-/m1/s1. The number of hydrogen-bond acceptors (Lipinski definition) is 4. The molecule has 22 heavy (non-hydrogen) atoms. The fourth-order valence-corrected chi connectivity index (χ4v) is 2.85. The molecule has 1 aromatic carbocycles. The largest absolute Gasteiger partial charge is 0.486 e. The highest BCUT2D eigenvalue weighted by Crippen LogP contribution is 2.35. The van der Waals surface area contributed by atoms with Crippen LogP contribution in [-0.2, 0) is 0 Å². The number of benzene rings is 1. The molecular weight excluding hydrogens is 278 g/mol. The van der Waals surface area contributed by atoms with Crippen molar-refractivity contribution in [3.8, 4) is 5.75 Å². The van der Waals surface area contributed by atoms with Crippen molar-refractivity contribution < 1.29 is 9.53 Å². The second-order valence-electron chi connectivity index (χ2n) is 6.63. The van der Waals surface area contributed by atoms with Gasteiger partial charge in [0.25, 0.3) is 5.91 Å². The summed E-state index contributed by atoms with van der Waals surface area (Å²) in [6, 6.07) is 5.75. The van der Waals surface area contributed by atoms with Crippen LogP contribution in [0.1, 0.15) is 17.3 Å². The number of rotatable bonds is 3. The smallest absolute Gasteiger partial charge is 0.257 e. The third-order valence-electron chi connectivity index (χ3n) is 4.06. The highest BCUT2D eigenvalue weighted by molar-refractivity contribution is 5.99. The zero-order valence-electron chi connectivity index (χ0n) is 14.5. The Morgan fingerprint density at radius 3 is 2.55 bits per heavy atom. The zero-order valence-corrected chi connectivity index (χ0v) is 14.5. The maximum absolute atomic E-state index is 12.7. The van der Waals surface area contributed by atoms with E-state index in [1.165, 1.54) is 0 Å². The highest BCUT2D eigenvalue weighted by Gasteiger charge is 2.30. The van der Waals surface area contributed by atoms with Gasteiger partial charge in [-0.25, -0.2) is 0 Å². The molecule has 0 aromatic heterocycles. The van der Waals surface area contributed by atoms with Crippen LogP contribution in [0.4, 0.5) is 5.69 Å². The van der Waals surface area contributed by atoms with Crippen LogP contribution in [0.2, 0.25) is 0 Å². The minimum atomic E-state index is 0.0221. The van der Waals surface area contributed by atoms with Crippen LogP contribution >= 0.6 is 0 Å². The number of hydrogen-bond donors (Lipinski definition) is 0. The SMILES string of the molecule is C[C@@H]1CN(C)C(=O)c2cccc(N(C)C)c2O[C@@H]1CN(C)C. The average Bonchev–Trinajstić information content (AvgIpc) is 2.44. The molecular formula is C17H27N3O2. The molecule has 0 aliphatic carbocycles. The van der Waals surface area contributed by atoms with Crippen molar-refractivity contribution in [3.05, 3.63) is 23.8 Å². The van der Waals surface area contributed by atoms with Crippen LogP contribution < -0.4 is 9.64 Å². The van der Waals surface area contributed by atoms with Crippen molar-refractivity contribution in [1.29, 1.82) is 0 Å². The molecule has 1 amide bonds. The molecule has 0 saturated heterocycles. The van der Waals surface area contributed by atoms with Gasteiger partial charge in [0.2, 0.25) is 0 Å². The summed E-state index contributed by atoms with van der Waals surface area (Å²) in [6.45, 7) is 3.66. The van der Waals surface area contributed by atoms with E-state index in [1.807, 2.05) is 58.3 Å². The summed E-state index contributed by atoms with van der Waals surface area (Å²) in [6.07, 6.45) is 0.0467. The fourth-order valence-electron chi connectivity index (χ4n) is 2.85. The van der Waals surface area contributed by atoms with Gasteiger partial charge in [0.15, 0.2) is 5.75 Å². The molecule has 0 fully saturated rings. The summed E-state index contributed by atoms with van der Waals surface area (Å²) in [5.41, 5.74) is 1.58. The predicted molar refractivity (Wildman–Crippen MR) is 89.9 cm³/mol. The lowest BCUT2D eigenvalue weighted by Gasteiger charge is -2.35. The number of fused-ring (bicyclic) bond motifs is 1. The number of carbonyl (C=O) groups excluding carboxylic acids is 1. The average molecular weight is 305 g/mol. The molecule has 0 bridgehead atoms. The normalized spacial score (nSPS) is 22.0. The molecule has 0 saturated carbocycles. The van der Waals surface area contributed by atoms with Gasteiger partial charge in [-0.1, -0.05) is 13.0 Å². The molecule has 1 aliphatic rings. The Kier molecular flexibility index (Phi) is 4.96. The molecule has 0 unspecified atom stereocenters. The van der Waals surface area contributed by atoms with Gasteiger partial charge in [0.1, 0.15) is 6.10 Å². The Balaban J connectivity index is 2.51. The lowest BCUT2D eigenvalue weighted by Crippen LogP contribution is -2.44. The molecule has 5 nitrogen and oxygen atoms in total. The summed E-state index contributed by atoms with van der Waals surface area (Å²) in [5, 5.41) is 0. The number of amides is 1. The maximum Gasteiger partial charge on any atom is 0.257 e. The summed E-state index contributed by atoms with van der Waals surface area (Å²) in [4.78, 5) is 18.6. The van der Waals surface area contributed by atoms with Crippen LogP contribution in [0.3, 0.4) is 0 Å². The first-order valence-electron chi connectivity index (χ1n) is 7.68. The fraction of sp³-hybridized carbons (Fsp3) is 0.588. The second kappa shape index (κ2) is 6.57. The lowest BCUT2D eigenvalue weighted by atomic mass is 10.0. The monoisotopic (exact) mass is 305 g/mol. The van der Waals surface area contributed by atoms with E-state index < -0.39 is 0 Å². The summed E-state index contributed by atoms with van der Waals surface area (Å²) in [7, 11) is 9.89. The first kappa shape index (κ1) is 16.6. The topological polar surface area (TPSA) is 36.0 Å². The summed E-state index contributed by atoms with van der Waals surface area (Å²) in [5.74, 6) is 0.983. The van der Waals surface area contributed by atoms with Gasteiger partial charge in [0.05, 0.1) is 11.3 Å². The van der Waals surface area contributed by atoms with Crippen LogP contribution in [-0.4, -0.2) is 70.1 Å². The lowest BCUT2D eigenvalue weighted by molar-refractivity contribution is 0.0577. The Labute approximate surface area is 133 Å². The van der Waals surface area contributed by atoms with Crippen molar-refractivity contribution in [2.45, 2.75) is 13.0 Å². The van der Waals surface area contributed by atoms with E-state index in [1.54, 1.807) is 4.90 Å². The molecule has 0 N–H and O–H groups in total. The number of para-hydroxylation sites is 1. The van der Waals surface area contributed by atoms with Crippen LogP contribution in [0, 0.1) is 5.92 Å².